The summed E-state index contributed by atoms with van der Waals surface area (Å²) < 4.78 is 0. The normalized spacial score (nSPS) is 14.1. The minimum absolute atomic E-state index is 0.00776. The predicted molar refractivity (Wildman–Crippen MR) is 86.8 cm³/mol. The average molecular weight is 321 g/mol. The number of rotatable bonds is 6. The van der Waals surface area contributed by atoms with Gasteiger partial charge in [0.15, 0.2) is 0 Å². The molecule has 1 aromatic carbocycles. The Bertz CT molecular complexity index is 637. The number of benzene rings is 1. The molecule has 110 valence electrons. The van der Waals surface area contributed by atoms with Crippen LogP contribution in [0.3, 0.4) is 0 Å². The molecule has 21 heavy (non-hydrogen) atoms. The van der Waals surface area contributed by atoms with Crippen molar-refractivity contribution >= 4 is 28.8 Å². The van der Waals surface area contributed by atoms with Crippen LogP contribution in [-0.4, -0.2) is 17.4 Å². The van der Waals surface area contributed by atoms with Crippen molar-refractivity contribution in [3.63, 3.8) is 0 Å². The molecule has 5 heteroatoms. The summed E-state index contributed by atoms with van der Waals surface area (Å²) in [6.45, 7) is 0.765. The average Bonchev–Trinajstić information content (AvgIpc) is 3.21. The number of amides is 1. The van der Waals surface area contributed by atoms with Crippen LogP contribution >= 0.6 is 22.9 Å². The molecule has 1 aliphatic carbocycles. The fourth-order valence-corrected chi connectivity index (χ4v) is 3.24. The molecule has 0 saturated heterocycles. The number of nitrogens with zero attached hydrogens (tertiary/aromatic N) is 1. The molecule has 2 aromatic rings. The Morgan fingerprint density at radius 3 is 3.00 bits per heavy atom. The molecule has 0 aliphatic heterocycles. The molecule has 0 bridgehead atoms. The van der Waals surface area contributed by atoms with Crippen molar-refractivity contribution in [3.05, 3.63) is 40.9 Å². The summed E-state index contributed by atoms with van der Waals surface area (Å²) in [5, 5.41) is 5.84. The maximum atomic E-state index is 12.1. The van der Waals surface area contributed by atoms with E-state index in [1.807, 2.05) is 29.6 Å². The molecule has 0 spiro atoms. The van der Waals surface area contributed by atoms with E-state index < -0.39 is 0 Å². The Labute approximate surface area is 133 Å². The van der Waals surface area contributed by atoms with E-state index in [-0.39, 0.29) is 5.91 Å². The molecule has 1 saturated carbocycles. The van der Waals surface area contributed by atoms with Gasteiger partial charge in [-0.05, 0) is 24.5 Å². The third-order valence-electron chi connectivity index (χ3n) is 3.60. The van der Waals surface area contributed by atoms with Gasteiger partial charge in [-0.15, -0.1) is 22.9 Å². The van der Waals surface area contributed by atoms with Crippen molar-refractivity contribution in [1.29, 1.82) is 0 Å². The Morgan fingerprint density at radius 2 is 2.29 bits per heavy atom. The monoisotopic (exact) mass is 320 g/mol. The fourth-order valence-electron chi connectivity index (χ4n) is 2.19. The van der Waals surface area contributed by atoms with Gasteiger partial charge in [0.1, 0.15) is 5.01 Å². The first-order chi connectivity index (χ1) is 10.3. The van der Waals surface area contributed by atoms with E-state index in [0.717, 1.165) is 35.1 Å². The lowest BCUT2D eigenvalue weighted by Crippen LogP contribution is -2.24. The molecule has 3 nitrogen and oxygen atoms in total. The summed E-state index contributed by atoms with van der Waals surface area (Å²) in [5.41, 5.74) is 2.52. The predicted octanol–water partition coefficient (Wildman–Crippen LogP) is 4.08. The third-order valence-corrected chi connectivity index (χ3v) is 4.81. The van der Waals surface area contributed by atoms with E-state index in [2.05, 4.69) is 10.3 Å². The number of hydrogen-bond donors (Lipinski definition) is 1. The number of carbonyl (C=O) groups is 1. The van der Waals surface area contributed by atoms with Crippen molar-refractivity contribution in [3.8, 4) is 10.6 Å². The number of aromatic nitrogens is 1. The smallest absolute Gasteiger partial charge is 0.251 e. The standard InChI is InChI=1S/C16H17ClN2OS/c17-9-14-10-21-16(19-14)13-3-1-2-12(8-13)15(20)18-7-6-11-4-5-11/h1-3,8,10-11H,4-7,9H2,(H,18,20). The molecule has 3 rings (SSSR count). The highest BCUT2D eigenvalue weighted by atomic mass is 35.5. The van der Waals surface area contributed by atoms with Crippen LogP contribution in [0.15, 0.2) is 29.6 Å². The minimum atomic E-state index is -0.00776. The molecule has 0 atom stereocenters. The molecule has 1 N–H and O–H groups in total. The summed E-state index contributed by atoms with van der Waals surface area (Å²) in [5.74, 6) is 1.24. The van der Waals surface area contributed by atoms with Crippen LogP contribution < -0.4 is 5.32 Å². The Morgan fingerprint density at radius 1 is 1.43 bits per heavy atom. The molecule has 1 amide bonds. The first-order valence-corrected chi connectivity index (χ1v) is 8.56. The van der Waals surface area contributed by atoms with Crippen LogP contribution in [-0.2, 0) is 5.88 Å². The zero-order valence-electron chi connectivity index (χ0n) is 11.6. The second kappa shape index (κ2) is 6.58. The van der Waals surface area contributed by atoms with Gasteiger partial charge in [-0.3, -0.25) is 4.79 Å². The molecular weight excluding hydrogens is 304 g/mol. The van der Waals surface area contributed by atoms with Gasteiger partial charge in [0, 0.05) is 23.1 Å². The number of alkyl halides is 1. The van der Waals surface area contributed by atoms with Crippen LogP contribution in [0, 0.1) is 5.92 Å². The van der Waals surface area contributed by atoms with Crippen LogP contribution in [0.5, 0.6) is 0 Å². The maximum Gasteiger partial charge on any atom is 0.251 e. The highest BCUT2D eigenvalue weighted by molar-refractivity contribution is 7.13. The quantitative estimate of drug-likeness (QED) is 0.815. The van der Waals surface area contributed by atoms with Crippen LogP contribution in [0.1, 0.15) is 35.3 Å². The summed E-state index contributed by atoms with van der Waals surface area (Å²) >= 11 is 7.33. The maximum absolute atomic E-state index is 12.1. The van der Waals surface area contributed by atoms with Crippen molar-refractivity contribution in [2.45, 2.75) is 25.1 Å². The summed E-state index contributed by atoms with van der Waals surface area (Å²) in [6, 6.07) is 7.60. The van der Waals surface area contributed by atoms with Gasteiger partial charge in [0.25, 0.3) is 5.91 Å². The third kappa shape index (κ3) is 3.83. The molecule has 1 aromatic heterocycles. The highest BCUT2D eigenvalue weighted by Crippen LogP contribution is 2.31. The van der Waals surface area contributed by atoms with E-state index in [1.54, 1.807) is 11.3 Å². The second-order valence-electron chi connectivity index (χ2n) is 5.35. The molecule has 0 radical (unpaired) electrons. The van der Waals surface area contributed by atoms with E-state index in [4.69, 9.17) is 11.6 Å². The molecule has 1 heterocycles. The van der Waals surface area contributed by atoms with Gasteiger partial charge in [0.05, 0.1) is 11.6 Å². The number of halogens is 1. The van der Waals surface area contributed by atoms with Crippen molar-refractivity contribution in [2.75, 3.05) is 6.54 Å². The van der Waals surface area contributed by atoms with Gasteiger partial charge in [-0.1, -0.05) is 25.0 Å². The highest BCUT2D eigenvalue weighted by Gasteiger charge is 2.20. The van der Waals surface area contributed by atoms with Crippen LogP contribution in [0.2, 0.25) is 0 Å². The van der Waals surface area contributed by atoms with E-state index >= 15 is 0 Å². The van der Waals surface area contributed by atoms with E-state index in [9.17, 15) is 4.79 Å². The Hall–Kier alpha value is -1.39. The number of nitrogens with one attached hydrogen (secondary N) is 1. The first kappa shape index (κ1) is 14.5. The van der Waals surface area contributed by atoms with Crippen molar-refractivity contribution < 1.29 is 4.79 Å². The SMILES string of the molecule is O=C(NCCC1CC1)c1cccc(-c2nc(CCl)cs2)c1. The number of thiazole rings is 1. The lowest BCUT2D eigenvalue weighted by Gasteiger charge is -2.05. The second-order valence-corrected chi connectivity index (χ2v) is 6.47. The van der Waals surface area contributed by atoms with Gasteiger partial charge >= 0.3 is 0 Å². The number of hydrogen-bond acceptors (Lipinski definition) is 3. The zero-order valence-corrected chi connectivity index (χ0v) is 13.2. The van der Waals surface area contributed by atoms with Gasteiger partial charge in [-0.25, -0.2) is 4.98 Å². The minimum Gasteiger partial charge on any atom is -0.352 e. The van der Waals surface area contributed by atoms with Gasteiger partial charge in [-0.2, -0.15) is 0 Å². The van der Waals surface area contributed by atoms with Crippen LogP contribution in [0.4, 0.5) is 0 Å². The van der Waals surface area contributed by atoms with Gasteiger partial charge in [0.2, 0.25) is 0 Å². The number of carbonyl (C=O) groups excluding carboxylic acids is 1. The van der Waals surface area contributed by atoms with Crippen molar-refractivity contribution in [2.24, 2.45) is 5.92 Å². The molecular formula is C16H17ClN2OS. The topological polar surface area (TPSA) is 42.0 Å². The summed E-state index contributed by atoms with van der Waals surface area (Å²) in [4.78, 5) is 16.6. The van der Waals surface area contributed by atoms with E-state index in [0.29, 0.717) is 11.4 Å². The summed E-state index contributed by atoms with van der Waals surface area (Å²) in [7, 11) is 0. The molecule has 1 fully saturated rings. The largest absolute Gasteiger partial charge is 0.352 e. The van der Waals surface area contributed by atoms with Crippen molar-refractivity contribution in [1.82, 2.24) is 10.3 Å². The Kier molecular flexibility index (Phi) is 4.56. The van der Waals surface area contributed by atoms with Crippen LogP contribution in [0.25, 0.3) is 10.6 Å². The molecule has 1 aliphatic rings. The fraction of sp³-hybridized carbons (Fsp3) is 0.375. The Balaban J connectivity index is 1.67. The zero-order chi connectivity index (χ0) is 14.7. The first-order valence-electron chi connectivity index (χ1n) is 7.15. The lowest BCUT2D eigenvalue weighted by molar-refractivity contribution is 0.0952. The summed E-state index contributed by atoms with van der Waals surface area (Å²) in [6.07, 6.45) is 3.73. The van der Waals surface area contributed by atoms with Gasteiger partial charge < -0.3 is 5.32 Å². The van der Waals surface area contributed by atoms with E-state index in [1.165, 1.54) is 12.8 Å². The lowest BCUT2D eigenvalue weighted by atomic mass is 10.1. The molecule has 0 unspecified atom stereocenters.